The highest BCUT2D eigenvalue weighted by Crippen LogP contribution is 2.16. The van der Waals surface area contributed by atoms with Gasteiger partial charge in [0.2, 0.25) is 5.95 Å². The average Bonchev–Trinajstić information content (AvgIpc) is 2.73. The molecule has 3 aromatic heterocycles. The molecule has 5 nitrogen and oxygen atoms in total. The van der Waals surface area contributed by atoms with Gasteiger partial charge < -0.3 is 5.73 Å². The Kier molecular flexibility index (Phi) is 2.87. The average molecular weight is 253 g/mol. The summed E-state index contributed by atoms with van der Waals surface area (Å²) in [5.41, 5.74) is 9.64. The van der Waals surface area contributed by atoms with Gasteiger partial charge in [-0.15, -0.1) is 0 Å². The van der Waals surface area contributed by atoms with Crippen molar-refractivity contribution in [2.45, 2.75) is 19.9 Å². The SMILES string of the molecule is Cc1ccc2nc(N)n(CCc3ccccn3)c2n1. The van der Waals surface area contributed by atoms with Crippen molar-refractivity contribution in [3.63, 3.8) is 0 Å². The summed E-state index contributed by atoms with van der Waals surface area (Å²) in [6.07, 6.45) is 2.61. The summed E-state index contributed by atoms with van der Waals surface area (Å²) in [4.78, 5) is 13.1. The smallest absolute Gasteiger partial charge is 0.202 e. The fraction of sp³-hybridized carbons (Fsp3) is 0.214. The molecule has 3 aromatic rings. The third-order valence-corrected chi connectivity index (χ3v) is 3.08. The summed E-state index contributed by atoms with van der Waals surface area (Å²) >= 11 is 0. The number of aromatic nitrogens is 4. The summed E-state index contributed by atoms with van der Waals surface area (Å²) in [5, 5.41) is 0. The van der Waals surface area contributed by atoms with Crippen LogP contribution in [0.1, 0.15) is 11.4 Å². The Hall–Kier alpha value is -2.43. The number of pyridine rings is 2. The Morgan fingerprint density at radius 2 is 2.05 bits per heavy atom. The van der Waals surface area contributed by atoms with Gasteiger partial charge in [-0.25, -0.2) is 9.97 Å². The molecule has 0 unspecified atom stereocenters. The van der Waals surface area contributed by atoms with Crippen LogP contribution in [-0.4, -0.2) is 19.5 Å². The van der Waals surface area contributed by atoms with Crippen molar-refractivity contribution in [2.24, 2.45) is 0 Å². The van der Waals surface area contributed by atoms with Crippen molar-refractivity contribution in [1.82, 2.24) is 19.5 Å². The van der Waals surface area contributed by atoms with Gasteiger partial charge in [0.05, 0.1) is 0 Å². The molecular weight excluding hydrogens is 238 g/mol. The van der Waals surface area contributed by atoms with Gasteiger partial charge in [-0.05, 0) is 31.2 Å². The number of nitrogens with two attached hydrogens (primary N) is 1. The van der Waals surface area contributed by atoms with Crippen LogP contribution in [-0.2, 0) is 13.0 Å². The van der Waals surface area contributed by atoms with Crippen LogP contribution < -0.4 is 5.73 Å². The number of anilines is 1. The van der Waals surface area contributed by atoms with Crippen LogP contribution in [0.5, 0.6) is 0 Å². The summed E-state index contributed by atoms with van der Waals surface area (Å²) < 4.78 is 1.94. The van der Waals surface area contributed by atoms with Crippen LogP contribution in [0.25, 0.3) is 11.2 Å². The highest BCUT2D eigenvalue weighted by molar-refractivity contribution is 5.74. The molecule has 0 saturated carbocycles. The van der Waals surface area contributed by atoms with Gasteiger partial charge >= 0.3 is 0 Å². The summed E-state index contributed by atoms with van der Waals surface area (Å²) in [6, 6.07) is 9.80. The lowest BCUT2D eigenvalue weighted by molar-refractivity contribution is 0.707. The highest BCUT2D eigenvalue weighted by Gasteiger charge is 2.09. The van der Waals surface area contributed by atoms with E-state index in [1.165, 1.54) is 0 Å². The third kappa shape index (κ3) is 2.27. The molecule has 3 heterocycles. The number of imidazole rings is 1. The lowest BCUT2D eigenvalue weighted by Crippen LogP contribution is -2.07. The summed E-state index contributed by atoms with van der Waals surface area (Å²) in [6.45, 7) is 2.70. The number of rotatable bonds is 3. The Morgan fingerprint density at radius 3 is 2.84 bits per heavy atom. The quantitative estimate of drug-likeness (QED) is 0.774. The van der Waals surface area contributed by atoms with Crippen molar-refractivity contribution in [2.75, 3.05) is 5.73 Å². The number of fused-ring (bicyclic) bond motifs is 1. The predicted molar refractivity (Wildman–Crippen MR) is 74.6 cm³/mol. The highest BCUT2D eigenvalue weighted by atomic mass is 15.2. The molecule has 96 valence electrons. The van der Waals surface area contributed by atoms with E-state index in [2.05, 4.69) is 15.0 Å². The zero-order valence-electron chi connectivity index (χ0n) is 10.7. The van der Waals surface area contributed by atoms with Crippen LogP contribution >= 0.6 is 0 Å². The van der Waals surface area contributed by atoms with Crippen molar-refractivity contribution in [1.29, 1.82) is 0 Å². The van der Waals surface area contributed by atoms with Crippen molar-refractivity contribution < 1.29 is 0 Å². The minimum absolute atomic E-state index is 0.504. The van der Waals surface area contributed by atoms with Crippen LogP contribution in [0.2, 0.25) is 0 Å². The third-order valence-electron chi connectivity index (χ3n) is 3.08. The molecule has 2 N–H and O–H groups in total. The van der Waals surface area contributed by atoms with Gasteiger partial charge in [0.25, 0.3) is 0 Å². The van der Waals surface area contributed by atoms with Crippen molar-refractivity contribution >= 4 is 17.1 Å². The van der Waals surface area contributed by atoms with Crippen LogP contribution in [0.4, 0.5) is 5.95 Å². The first kappa shape index (κ1) is 11.6. The first-order valence-corrected chi connectivity index (χ1v) is 6.23. The number of aryl methyl sites for hydroxylation is 3. The molecule has 5 heteroatoms. The van der Waals surface area contributed by atoms with Crippen LogP contribution in [0.3, 0.4) is 0 Å². The van der Waals surface area contributed by atoms with Crippen molar-refractivity contribution in [3.8, 4) is 0 Å². The second-order valence-electron chi connectivity index (χ2n) is 4.49. The molecule has 0 aromatic carbocycles. The predicted octanol–water partition coefficient (Wildman–Crippen LogP) is 1.96. The van der Waals surface area contributed by atoms with E-state index in [0.717, 1.165) is 35.5 Å². The van der Waals surface area contributed by atoms with Crippen LogP contribution in [0, 0.1) is 6.92 Å². The van der Waals surface area contributed by atoms with Gasteiger partial charge in [-0.3, -0.25) is 9.55 Å². The molecule has 0 amide bonds. The van der Waals surface area contributed by atoms with E-state index >= 15 is 0 Å². The fourth-order valence-electron chi connectivity index (χ4n) is 2.11. The first-order valence-electron chi connectivity index (χ1n) is 6.23. The lowest BCUT2D eigenvalue weighted by Gasteiger charge is -2.05. The minimum Gasteiger partial charge on any atom is -0.369 e. The van der Waals surface area contributed by atoms with Gasteiger partial charge in [-0.1, -0.05) is 6.07 Å². The van der Waals surface area contributed by atoms with E-state index < -0.39 is 0 Å². The summed E-state index contributed by atoms with van der Waals surface area (Å²) in [5.74, 6) is 0.504. The van der Waals surface area contributed by atoms with E-state index in [1.807, 2.05) is 41.8 Å². The molecule has 0 saturated heterocycles. The number of nitrogen functional groups attached to an aromatic ring is 1. The molecule has 3 rings (SSSR count). The maximum atomic E-state index is 5.96. The standard InChI is InChI=1S/C14H15N5/c1-10-5-6-12-13(17-10)19(14(15)18-12)9-7-11-4-2-3-8-16-11/h2-6,8H,7,9H2,1H3,(H2,15,18). The molecule has 0 atom stereocenters. The van der Waals surface area contributed by atoms with Gasteiger partial charge in [-0.2, -0.15) is 0 Å². The number of hydrogen-bond donors (Lipinski definition) is 1. The molecule has 0 bridgehead atoms. The molecule has 0 aliphatic carbocycles. The monoisotopic (exact) mass is 253 g/mol. The molecule has 0 aliphatic rings. The molecule has 0 radical (unpaired) electrons. The van der Waals surface area contributed by atoms with Gasteiger partial charge in [0, 0.05) is 30.6 Å². The fourth-order valence-corrected chi connectivity index (χ4v) is 2.11. The second kappa shape index (κ2) is 4.68. The van der Waals surface area contributed by atoms with Crippen LogP contribution in [0.15, 0.2) is 36.5 Å². The zero-order valence-corrected chi connectivity index (χ0v) is 10.7. The Labute approximate surface area is 111 Å². The Morgan fingerprint density at radius 1 is 1.16 bits per heavy atom. The molecule has 0 aliphatic heterocycles. The maximum Gasteiger partial charge on any atom is 0.202 e. The lowest BCUT2D eigenvalue weighted by atomic mass is 10.2. The minimum atomic E-state index is 0.504. The molecule has 19 heavy (non-hydrogen) atoms. The zero-order chi connectivity index (χ0) is 13.2. The normalized spacial score (nSPS) is 11.0. The van der Waals surface area contributed by atoms with E-state index in [4.69, 9.17) is 5.73 Å². The maximum absolute atomic E-state index is 5.96. The molecule has 0 spiro atoms. The molecule has 0 fully saturated rings. The van der Waals surface area contributed by atoms with E-state index in [1.54, 1.807) is 6.20 Å². The molecular formula is C14H15N5. The first-order chi connectivity index (χ1) is 9.24. The van der Waals surface area contributed by atoms with Gasteiger partial charge in [0.1, 0.15) is 5.52 Å². The van der Waals surface area contributed by atoms with E-state index in [0.29, 0.717) is 5.95 Å². The Bertz CT molecular complexity index is 702. The number of hydrogen-bond acceptors (Lipinski definition) is 4. The summed E-state index contributed by atoms with van der Waals surface area (Å²) in [7, 11) is 0. The topological polar surface area (TPSA) is 69.6 Å². The Balaban J connectivity index is 1.92. The number of nitrogens with zero attached hydrogens (tertiary/aromatic N) is 4. The van der Waals surface area contributed by atoms with Gasteiger partial charge in [0.15, 0.2) is 5.65 Å². The van der Waals surface area contributed by atoms with E-state index in [9.17, 15) is 0 Å². The van der Waals surface area contributed by atoms with Crippen molar-refractivity contribution in [3.05, 3.63) is 47.9 Å². The largest absolute Gasteiger partial charge is 0.369 e. The second-order valence-corrected chi connectivity index (χ2v) is 4.49. The van der Waals surface area contributed by atoms with E-state index in [-0.39, 0.29) is 0 Å².